The van der Waals surface area contributed by atoms with Crippen molar-refractivity contribution in [3.63, 3.8) is 0 Å². The maximum absolute atomic E-state index is 12.9. The first-order chi connectivity index (χ1) is 13.6. The van der Waals surface area contributed by atoms with Crippen molar-refractivity contribution in [1.82, 2.24) is 9.55 Å². The van der Waals surface area contributed by atoms with Crippen LogP contribution in [0, 0.1) is 0 Å². The molecule has 0 aliphatic carbocycles. The SMILES string of the molecule is CCn1c(NC(=O)[C@@H](C)c2ccc3cc(OC)ccc3c2)nc2ccccc21. The molecule has 1 atom stereocenters. The predicted octanol–water partition coefficient (Wildman–Crippen LogP) is 4.96. The van der Waals surface area contributed by atoms with Gasteiger partial charge in [-0.2, -0.15) is 0 Å². The number of rotatable bonds is 5. The lowest BCUT2D eigenvalue weighted by Crippen LogP contribution is -2.21. The molecule has 1 amide bonds. The summed E-state index contributed by atoms with van der Waals surface area (Å²) in [6.07, 6.45) is 0. The number of methoxy groups -OCH3 is 1. The minimum Gasteiger partial charge on any atom is -0.497 e. The number of anilines is 1. The number of hydrogen-bond donors (Lipinski definition) is 1. The number of aromatic nitrogens is 2. The van der Waals surface area contributed by atoms with Crippen LogP contribution in [0.25, 0.3) is 21.8 Å². The maximum Gasteiger partial charge on any atom is 0.233 e. The van der Waals surface area contributed by atoms with E-state index in [1.165, 1.54) is 0 Å². The smallest absolute Gasteiger partial charge is 0.233 e. The Labute approximate surface area is 164 Å². The van der Waals surface area contributed by atoms with Gasteiger partial charge in [-0.05, 0) is 54.4 Å². The van der Waals surface area contributed by atoms with Gasteiger partial charge in [0, 0.05) is 6.54 Å². The summed E-state index contributed by atoms with van der Waals surface area (Å²) in [7, 11) is 1.66. The van der Waals surface area contributed by atoms with Crippen molar-refractivity contribution in [1.29, 1.82) is 0 Å². The quantitative estimate of drug-likeness (QED) is 0.538. The van der Waals surface area contributed by atoms with Crippen LogP contribution >= 0.6 is 0 Å². The van der Waals surface area contributed by atoms with Gasteiger partial charge in [-0.3, -0.25) is 10.1 Å². The number of benzene rings is 3. The number of para-hydroxylation sites is 2. The van der Waals surface area contributed by atoms with Gasteiger partial charge in [0.2, 0.25) is 11.9 Å². The van der Waals surface area contributed by atoms with Crippen molar-refractivity contribution in [2.75, 3.05) is 12.4 Å². The van der Waals surface area contributed by atoms with Crippen LogP contribution in [0.3, 0.4) is 0 Å². The summed E-state index contributed by atoms with van der Waals surface area (Å²) in [5.41, 5.74) is 2.87. The van der Waals surface area contributed by atoms with E-state index in [2.05, 4.69) is 16.4 Å². The molecular weight excluding hydrogens is 350 g/mol. The summed E-state index contributed by atoms with van der Waals surface area (Å²) in [4.78, 5) is 17.5. The summed E-state index contributed by atoms with van der Waals surface area (Å²) >= 11 is 0. The fourth-order valence-corrected chi connectivity index (χ4v) is 3.50. The summed E-state index contributed by atoms with van der Waals surface area (Å²) in [6.45, 7) is 4.70. The lowest BCUT2D eigenvalue weighted by molar-refractivity contribution is -0.117. The summed E-state index contributed by atoms with van der Waals surface area (Å²) < 4.78 is 7.30. The van der Waals surface area contributed by atoms with Crippen molar-refractivity contribution < 1.29 is 9.53 Å². The third-order valence-corrected chi connectivity index (χ3v) is 5.17. The molecule has 0 aliphatic heterocycles. The molecule has 0 unspecified atom stereocenters. The number of carbonyl (C=O) groups is 1. The van der Waals surface area contributed by atoms with Crippen LogP contribution < -0.4 is 10.1 Å². The minimum atomic E-state index is -0.295. The van der Waals surface area contributed by atoms with Crippen molar-refractivity contribution in [3.8, 4) is 5.75 Å². The fourth-order valence-electron chi connectivity index (χ4n) is 3.50. The van der Waals surface area contributed by atoms with E-state index in [0.717, 1.165) is 39.7 Å². The second-order valence-corrected chi connectivity index (χ2v) is 6.85. The average Bonchev–Trinajstić information content (AvgIpc) is 3.09. The van der Waals surface area contributed by atoms with Gasteiger partial charge in [-0.15, -0.1) is 0 Å². The van der Waals surface area contributed by atoms with E-state index in [1.54, 1.807) is 7.11 Å². The van der Waals surface area contributed by atoms with Crippen LogP contribution in [-0.2, 0) is 11.3 Å². The van der Waals surface area contributed by atoms with E-state index in [-0.39, 0.29) is 11.8 Å². The number of carbonyl (C=O) groups excluding carboxylic acids is 1. The zero-order valence-electron chi connectivity index (χ0n) is 16.3. The van der Waals surface area contributed by atoms with Gasteiger partial charge in [-0.25, -0.2) is 4.98 Å². The largest absolute Gasteiger partial charge is 0.497 e. The third kappa shape index (κ3) is 3.20. The minimum absolute atomic E-state index is 0.0714. The van der Waals surface area contributed by atoms with Gasteiger partial charge in [0.1, 0.15) is 5.75 Å². The molecule has 0 saturated heterocycles. The van der Waals surface area contributed by atoms with Crippen LogP contribution in [0.4, 0.5) is 5.95 Å². The second kappa shape index (κ2) is 7.35. The van der Waals surface area contributed by atoms with E-state index in [9.17, 15) is 4.79 Å². The normalized spacial score (nSPS) is 12.2. The van der Waals surface area contributed by atoms with E-state index in [4.69, 9.17) is 4.74 Å². The average molecular weight is 373 g/mol. The lowest BCUT2D eigenvalue weighted by Gasteiger charge is -2.14. The summed E-state index contributed by atoms with van der Waals surface area (Å²) in [6, 6.07) is 19.9. The highest BCUT2D eigenvalue weighted by atomic mass is 16.5. The fraction of sp³-hybridized carbons (Fsp3) is 0.217. The molecule has 4 rings (SSSR count). The molecule has 0 bridgehead atoms. The number of aryl methyl sites for hydroxylation is 1. The number of hydrogen-bond acceptors (Lipinski definition) is 3. The number of ether oxygens (including phenoxy) is 1. The van der Waals surface area contributed by atoms with Crippen LogP contribution in [0.2, 0.25) is 0 Å². The van der Waals surface area contributed by atoms with Gasteiger partial charge in [0.25, 0.3) is 0 Å². The summed E-state index contributed by atoms with van der Waals surface area (Å²) in [5, 5.41) is 5.18. The van der Waals surface area contributed by atoms with Gasteiger partial charge in [0.05, 0.1) is 24.1 Å². The van der Waals surface area contributed by atoms with Crippen molar-refractivity contribution in [2.24, 2.45) is 0 Å². The Balaban J connectivity index is 1.61. The highest BCUT2D eigenvalue weighted by molar-refractivity contribution is 5.96. The Bertz CT molecular complexity index is 1160. The standard InChI is InChI=1S/C23H23N3O2/c1-4-26-21-8-6-5-7-20(21)24-23(26)25-22(27)15(2)16-9-10-18-14-19(28-3)12-11-17(18)13-16/h5-15H,4H2,1-3H3,(H,24,25,27)/t15-/m0/s1. The number of fused-ring (bicyclic) bond motifs is 2. The Kier molecular flexibility index (Phi) is 4.74. The monoisotopic (exact) mass is 373 g/mol. The van der Waals surface area contributed by atoms with E-state index >= 15 is 0 Å². The van der Waals surface area contributed by atoms with Gasteiger partial charge < -0.3 is 9.30 Å². The highest BCUT2D eigenvalue weighted by Crippen LogP contribution is 2.26. The first kappa shape index (κ1) is 18.0. The van der Waals surface area contributed by atoms with E-state index in [1.807, 2.05) is 73.0 Å². The molecule has 5 heteroatoms. The topological polar surface area (TPSA) is 56.2 Å². The van der Waals surface area contributed by atoms with Crippen molar-refractivity contribution in [2.45, 2.75) is 26.3 Å². The van der Waals surface area contributed by atoms with Gasteiger partial charge in [0.15, 0.2) is 0 Å². The summed E-state index contributed by atoms with van der Waals surface area (Å²) in [5.74, 6) is 1.05. The van der Waals surface area contributed by atoms with Crippen LogP contribution in [0.15, 0.2) is 60.7 Å². The molecule has 0 spiro atoms. The second-order valence-electron chi connectivity index (χ2n) is 6.85. The molecule has 1 heterocycles. The lowest BCUT2D eigenvalue weighted by atomic mass is 9.97. The Morgan fingerprint density at radius 3 is 2.64 bits per heavy atom. The molecule has 5 nitrogen and oxygen atoms in total. The molecule has 0 radical (unpaired) electrons. The molecule has 0 aliphatic rings. The van der Waals surface area contributed by atoms with Crippen molar-refractivity contribution >= 4 is 33.7 Å². The van der Waals surface area contributed by atoms with E-state index in [0.29, 0.717) is 5.95 Å². The van der Waals surface area contributed by atoms with Crippen LogP contribution in [-0.4, -0.2) is 22.6 Å². The number of amides is 1. The number of nitrogens with one attached hydrogen (secondary N) is 1. The molecular formula is C23H23N3O2. The Morgan fingerprint density at radius 1 is 1.11 bits per heavy atom. The Morgan fingerprint density at radius 2 is 1.86 bits per heavy atom. The zero-order valence-corrected chi connectivity index (χ0v) is 16.3. The van der Waals surface area contributed by atoms with Crippen molar-refractivity contribution in [3.05, 3.63) is 66.2 Å². The molecule has 142 valence electrons. The van der Waals surface area contributed by atoms with Crippen LogP contribution in [0.1, 0.15) is 25.3 Å². The highest BCUT2D eigenvalue weighted by Gasteiger charge is 2.19. The molecule has 28 heavy (non-hydrogen) atoms. The first-order valence-corrected chi connectivity index (χ1v) is 9.44. The maximum atomic E-state index is 12.9. The third-order valence-electron chi connectivity index (χ3n) is 5.17. The first-order valence-electron chi connectivity index (χ1n) is 9.44. The van der Waals surface area contributed by atoms with E-state index < -0.39 is 0 Å². The Hall–Kier alpha value is -3.34. The number of nitrogens with zero attached hydrogens (tertiary/aromatic N) is 2. The van der Waals surface area contributed by atoms with Crippen LogP contribution in [0.5, 0.6) is 5.75 Å². The molecule has 3 aromatic carbocycles. The molecule has 1 aromatic heterocycles. The predicted molar refractivity (Wildman–Crippen MR) is 113 cm³/mol. The zero-order chi connectivity index (χ0) is 19.7. The molecule has 0 saturated carbocycles. The molecule has 4 aromatic rings. The molecule has 0 fully saturated rings. The van der Waals surface area contributed by atoms with Gasteiger partial charge >= 0.3 is 0 Å². The number of imidazole rings is 1. The van der Waals surface area contributed by atoms with Gasteiger partial charge in [-0.1, -0.05) is 36.4 Å². The molecule has 1 N–H and O–H groups in total.